The molecule has 8 heteroatoms. The number of nitrogens with one attached hydrogen (secondary N) is 2. The molecule has 4 rings (SSSR count). The number of carbonyl (C=O) groups excluding carboxylic acids is 1. The number of amides is 1. The number of hydrogen-bond donors (Lipinski definition) is 2. The lowest BCUT2D eigenvalue weighted by Crippen LogP contribution is -2.29. The molecule has 0 saturated carbocycles. The van der Waals surface area contributed by atoms with Gasteiger partial charge in [0.2, 0.25) is 5.91 Å². The number of aryl methyl sites for hydroxylation is 1. The molecule has 164 valence electrons. The van der Waals surface area contributed by atoms with Crippen molar-refractivity contribution in [3.63, 3.8) is 0 Å². The van der Waals surface area contributed by atoms with Gasteiger partial charge in [-0.2, -0.15) is 0 Å². The van der Waals surface area contributed by atoms with E-state index in [2.05, 4.69) is 15.3 Å². The van der Waals surface area contributed by atoms with Crippen LogP contribution in [0.5, 0.6) is 5.75 Å². The van der Waals surface area contributed by atoms with Gasteiger partial charge in [-0.1, -0.05) is 42.1 Å². The van der Waals surface area contributed by atoms with Crippen LogP contribution in [0, 0.1) is 6.92 Å². The number of nitrogens with zero attached hydrogens (tertiary/aromatic N) is 2. The fourth-order valence-corrected chi connectivity index (χ4v) is 4.31. The zero-order valence-corrected chi connectivity index (χ0v) is 18.9. The molecule has 1 amide bonds. The molecule has 0 radical (unpaired) electrons. The molecule has 0 aliphatic heterocycles. The predicted octanol–water partition coefficient (Wildman–Crippen LogP) is 4.00. The van der Waals surface area contributed by atoms with Crippen LogP contribution < -0.4 is 15.6 Å². The van der Waals surface area contributed by atoms with Gasteiger partial charge in [0, 0.05) is 5.69 Å². The summed E-state index contributed by atoms with van der Waals surface area (Å²) in [5.74, 6) is 0.719. The second-order valence-corrected chi connectivity index (χ2v) is 8.38. The fourth-order valence-electron chi connectivity index (χ4n) is 3.49. The summed E-state index contributed by atoms with van der Waals surface area (Å²) in [6.07, 6.45) is 0. The van der Waals surface area contributed by atoms with Gasteiger partial charge in [-0.05, 0) is 49.7 Å². The maximum absolute atomic E-state index is 13.2. The molecular weight excluding hydrogens is 424 g/mol. The first-order valence-electron chi connectivity index (χ1n) is 10.2. The van der Waals surface area contributed by atoms with Crippen molar-refractivity contribution >= 4 is 28.7 Å². The number of benzene rings is 2. The van der Waals surface area contributed by atoms with Gasteiger partial charge in [0.25, 0.3) is 5.56 Å². The number of fused-ring (bicyclic) bond motifs is 1. The van der Waals surface area contributed by atoms with Crippen molar-refractivity contribution in [2.24, 2.45) is 0 Å². The Bertz CT molecular complexity index is 1310. The molecule has 1 atom stereocenters. The van der Waals surface area contributed by atoms with Crippen molar-refractivity contribution in [2.75, 3.05) is 12.9 Å². The van der Waals surface area contributed by atoms with Crippen molar-refractivity contribution in [1.82, 2.24) is 19.9 Å². The Morgan fingerprint density at radius 1 is 1.19 bits per heavy atom. The first-order chi connectivity index (χ1) is 15.5. The van der Waals surface area contributed by atoms with Crippen molar-refractivity contribution in [2.45, 2.75) is 25.0 Å². The number of methoxy groups -OCH3 is 1. The first-order valence-corrected chi connectivity index (χ1v) is 11.2. The van der Waals surface area contributed by atoms with Crippen molar-refractivity contribution in [3.8, 4) is 11.4 Å². The van der Waals surface area contributed by atoms with Gasteiger partial charge in [-0.15, -0.1) is 0 Å². The molecule has 7 nitrogen and oxygen atoms in total. The number of aromatic amines is 1. The highest BCUT2D eigenvalue weighted by molar-refractivity contribution is 7.99. The predicted molar refractivity (Wildman–Crippen MR) is 127 cm³/mol. The zero-order chi connectivity index (χ0) is 22.7. The van der Waals surface area contributed by atoms with Crippen LogP contribution in [0.2, 0.25) is 0 Å². The number of hydrogen-bond acceptors (Lipinski definition) is 5. The van der Waals surface area contributed by atoms with Crippen LogP contribution in [0.4, 0.5) is 0 Å². The Morgan fingerprint density at radius 3 is 2.72 bits per heavy atom. The average Bonchev–Trinajstić information content (AvgIpc) is 3.19. The maximum atomic E-state index is 13.2. The van der Waals surface area contributed by atoms with Gasteiger partial charge in [0.15, 0.2) is 5.16 Å². The first kappa shape index (κ1) is 21.7. The van der Waals surface area contributed by atoms with Gasteiger partial charge in [0.1, 0.15) is 11.3 Å². The number of ether oxygens (including phenoxy) is 1. The van der Waals surface area contributed by atoms with Crippen LogP contribution in [0.25, 0.3) is 16.7 Å². The Hall–Kier alpha value is -3.52. The van der Waals surface area contributed by atoms with E-state index in [1.54, 1.807) is 11.7 Å². The highest BCUT2D eigenvalue weighted by Crippen LogP contribution is 2.23. The lowest BCUT2D eigenvalue weighted by molar-refractivity contribution is -0.119. The number of carbonyl (C=O) groups is 1. The highest BCUT2D eigenvalue weighted by Gasteiger charge is 2.17. The Morgan fingerprint density at radius 2 is 1.97 bits per heavy atom. The van der Waals surface area contributed by atoms with E-state index in [-0.39, 0.29) is 23.3 Å². The van der Waals surface area contributed by atoms with E-state index >= 15 is 0 Å². The molecule has 0 spiro atoms. The molecule has 0 saturated heterocycles. The van der Waals surface area contributed by atoms with E-state index in [4.69, 9.17) is 4.74 Å². The van der Waals surface area contributed by atoms with Crippen LogP contribution in [0.15, 0.2) is 70.6 Å². The third-order valence-corrected chi connectivity index (χ3v) is 6.01. The molecule has 2 N–H and O–H groups in total. The molecule has 0 fully saturated rings. The summed E-state index contributed by atoms with van der Waals surface area (Å²) >= 11 is 1.23. The highest BCUT2D eigenvalue weighted by atomic mass is 32.2. The third kappa shape index (κ3) is 4.55. The minimum absolute atomic E-state index is 0.127. The molecule has 4 aromatic rings. The normalized spacial score (nSPS) is 12.0. The molecule has 0 aliphatic carbocycles. The maximum Gasteiger partial charge on any atom is 0.283 e. The second-order valence-electron chi connectivity index (χ2n) is 7.44. The monoisotopic (exact) mass is 448 g/mol. The molecule has 2 aromatic heterocycles. The minimum atomic E-state index is -0.193. The topological polar surface area (TPSA) is 89.0 Å². The minimum Gasteiger partial charge on any atom is -0.497 e. The van der Waals surface area contributed by atoms with Gasteiger partial charge in [-0.25, -0.2) is 4.98 Å². The van der Waals surface area contributed by atoms with E-state index in [0.29, 0.717) is 21.9 Å². The summed E-state index contributed by atoms with van der Waals surface area (Å²) in [6.45, 7) is 3.80. The lowest BCUT2D eigenvalue weighted by Gasteiger charge is -2.16. The summed E-state index contributed by atoms with van der Waals surface area (Å²) in [5.41, 5.74) is 3.36. The standard InChI is InChI=1S/C24H24N4O3S/c1-15-12-20-22(25-15)23(30)28(18-9-5-4-6-10-18)24(27-20)32-14-21(29)26-16(2)17-8-7-11-19(13-17)31-3/h4-13,16,25H,14H2,1-3H3,(H,26,29)/t16-/m0/s1. The van der Waals surface area contributed by atoms with Crippen LogP contribution in [-0.2, 0) is 4.79 Å². The van der Waals surface area contributed by atoms with Crippen molar-refractivity contribution < 1.29 is 9.53 Å². The van der Waals surface area contributed by atoms with E-state index in [1.165, 1.54) is 11.8 Å². The van der Waals surface area contributed by atoms with Crippen molar-refractivity contribution in [3.05, 3.63) is 82.3 Å². The smallest absolute Gasteiger partial charge is 0.283 e. The summed E-state index contributed by atoms with van der Waals surface area (Å²) in [4.78, 5) is 33.6. The summed E-state index contributed by atoms with van der Waals surface area (Å²) < 4.78 is 6.80. The quantitative estimate of drug-likeness (QED) is 0.330. The van der Waals surface area contributed by atoms with Crippen LogP contribution in [0.3, 0.4) is 0 Å². The van der Waals surface area contributed by atoms with Gasteiger partial charge < -0.3 is 15.0 Å². The largest absolute Gasteiger partial charge is 0.497 e. The summed E-state index contributed by atoms with van der Waals surface area (Å²) in [5, 5.41) is 3.47. The number of aromatic nitrogens is 3. The molecule has 2 heterocycles. The molecular formula is C24H24N4O3S. The second kappa shape index (κ2) is 9.32. The number of rotatable bonds is 7. The number of para-hydroxylation sites is 1. The third-order valence-electron chi connectivity index (χ3n) is 5.07. The Kier molecular flexibility index (Phi) is 6.32. The summed E-state index contributed by atoms with van der Waals surface area (Å²) in [6, 6.07) is 18.6. The zero-order valence-electron chi connectivity index (χ0n) is 18.1. The van der Waals surface area contributed by atoms with E-state index in [9.17, 15) is 9.59 Å². The van der Waals surface area contributed by atoms with Crippen LogP contribution in [-0.4, -0.2) is 33.3 Å². The van der Waals surface area contributed by atoms with Crippen LogP contribution in [0.1, 0.15) is 24.2 Å². The van der Waals surface area contributed by atoms with E-state index in [0.717, 1.165) is 17.0 Å². The molecule has 0 bridgehead atoms. The average molecular weight is 449 g/mol. The van der Waals surface area contributed by atoms with Crippen LogP contribution >= 0.6 is 11.8 Å². The van der Waals surface area contributed by atoms with E-state index in [1.807, 2.05) is 74.5 Å². The molecule has 0 aliphatic rings. The number of thioether (sulfide) groups is 1. The molecule has 0 unspecified atom stereocenters. The Balaban J connectivity index is 1.57. The number of H-pyrrole nitrogens is 1. The molecule has 32 heavy (non-hydrogen) atoms. The Labute approximate surface area is 189 Å². The van der Waals surface area contributed by atoms with E-state index < -0.39 is 0 Å². The summed E-state index contributed by atoms with van der Waals surface area (Å²) in [7, 11) is 1.61. The SMILES string of the molecule is COc1cccc([C@H](C)NC(=O)CSc2nc3cc(C)[nH]c3c(=O)n2-c2ccccc2)c1. The van der Waals surface area contributed by atoms with Gasteiger partial charge in [-0.3, -0.25) is 14.2 Å². The molecule has 2 aromatic carbocycles. The van der Waals surface area contributed by atoms with Gasteiger partial charge >= 0.3 is 0 Å². The lowest BCUT2D eigenvalue weighted by atomic mass is 10.1. The van der Waals surface area contributed by atoms with Crippen molar-refractivity contribution in [1.29, 1.82) is 0 Å². The fraction of sp³-hybridized carbons (Fsp3) is 0.208. The van der Waals surface area contributed by atoms with Gasteiger partial charge in [0.05, 0.1) is 30.1 Å².